The molecule has 0 radical (unpaired) electrons. The van der Waals surface area contributed by atoms with Crippen molar-refractivity contribution in [2.75, 3.05) is 45.9 Å². The molecule has 3 aliphatic rings. The molecule has 0 bridgehead atoms. The Morgan fingerprint density at radius 2 is 0.639 bits per heavy atom. The van der Waals surface area contributed by atoms with Crippen molar-refractivity contribution < 1.29 is 88.3 Å². The van der Waals surface area contributed by atoms with E-state index in [0.717, 1.165) is 101 Å². The van der Waals surface area contributed by atoms with Crippen LogP contribution in [0, 0.1) is 34.9 Å². The zero-order valence-corrected chi connectivity index (χ0v) is 73.2. The molecule has 5 amide bonds. The molecule has 0 unspecified atom stereocenters. The SMILES string of the molecule is CCOC(=O)c1c(-c2ccc(Oc3c(F)cccc3F)cc2)cn([C@@H]2CCN(C(=O)OC(C)(C)C)C2)c1CC.CCc1c(C(=O)NC(C)(C)C)c(-c2ccc(Oc3c(F)cccc3F)cc2)cn1[C@@H]1CCCN(C(=O)OC(C)(C)C)C1.CCc1c(C(=O)NC(C)(C)C)c(-c2ccc(Oc3c(F)cccc3F)cc2)cn1[C@@H]1CCN(C(=O)OC(C)(C)C)C1. The van der Waals surface area contributed by atoms with Crippen LogP contribution in [0.3, 0.4) is 0 Å². The van der Waals surface area contributed by atoms with Gasteiger partial charge in [-0.05, 0) is 245 Å². The third-order valence-electron chi connectivity index (χ3n) is 20.1. The number of rotatable bonds is 19. The number of aromatic nitrogens is 3. The van der Waals surface area contributed by atoms with Crippen LogP contribution in [0.2, 0.25) is 0 Å². The van der Waals surface area contributed by atoms with E-state index < -0.39 is 86.0 Å². The minimum absolute atomic E-state index is 0.0287. The first kappa shape index (κ1) is 92.6. The Kier molecular flexibility index (Phi) is 29.3. The molecular weight excluding hydrogens is 1580 g/mol. The standard InChI is InChI=1S/C33H41F2N3O4.C32H39F2N3O4.C30H34F2N2O5/c1-8-27-28(30(39)36-32(2,3)4)24(20-38(27)22-11-10-18-37(19-22)31(40)42-33(5,6)7)21-14-16-23(17-15-21)41-29-25(34)12-9-13-26(29)35;1-8-26-27(29(38)35-31(2,3)4)23(19-37(26)21-16-17-36(18-21)30(39)41-32(5,6)7)20-12-14-22(15-13-20)40-28-24(33)10-9-11-25(28)34;1-6-25-26(28(35)37-7-2)22(18-34(25)20-15-16-33(17-20)29(36)39-30(3,4)5)19-11-13-21(14-12-19)38-27-23(31)9-8-10-24(27)32/h9,12-17,20,22H,8,10-11,18-19H2,1-7H3,(H,36,39);9-15,19,21H,8,16-18H2,1-7H3,(H,35,38);8-14,18,20H,6-7,15-17H2,1-5H3/t22-;21-;20-/m111/s1. The van der Waals surface area contributed by atoms with Crippen molar-refractivity contribution in [1.82, 2.24) is 39.0 Å². The van der Waals surface area contributed by atoms with E-state index in [-0.39, 0.29) is 72.1 Å². The van der Waals surface area contributed by atoms with Gasteiger partial charge in [0.25, 0.3) is 11.8 Å². The first-order chi connectivity index (χ1) is 57.3. The number of ether oxygens (including phenoxy) is 7. The molecule has 27 heteroatoms. The Hall–Kier alpha value is -11.6. The Bertz CT molecular complexity index is 5160. The van der Waals surface area contributed by atoms with Gasteiger partial charge in [0.15, 0.2) is 52.2 Å². The summed E-state index contributed by atoms with van der Waals surface area (Å²) in [5, 5.41) is 6.19. The lowest BCUT2D eigenvalue weighted by Crippen LogP contribution is -2.43. The lowest BCUT2D eigenvalue weighted by atomic mass is 9.99. The van der Waals surface area contributed by atoms with Crippen molar-refractivity contribution in [2.45, 2.75) is 223 Å². The van der Waals surface area contributed by atoms with E-state index in [1.54, 1.807) is 94.4 Å². The number of halogens is 6. The van der Waals surface area contributed by atoms with Gasteiger partial charge in [0, 0.05) is 103 Å². The van der Waals surface area contributed by atoms with Gasteiger partial charge in [0.05, 0.1) is 41.4 Å². The summed E-state index contributed by atoms with van der Waals surface area (Å²) in [6.45, 7) is 39.2. The van der Waals surface area contributed by atoms with E-state index >= 15 is 0 Å². The summed E-state index contributed by atoms with van der Waals surface area (Å²) in [5.41, 5.74) is 5.81. The first-order valence-electron chi connectivity index (χ1n) is 41.5. The van der Waals surface area contributed by atoms with Gasteiger partial charge in [0.1, 0.15) is 34.1 Å². The van der Waals surface area contributed by atoms with Crippen LogP contribution in [0.15, 0.2) is 146 Å². The first-order valence-corrected chi connectivity index (χ1v) is 41.5. The van der Waals surface area contributed by atoms with Gasteiger partial charge in [-0.1, -0.05) is 75.4 Å². The fourth-order valence-electron chi connectivity index (χ4n) is 15.0. The molecule has 0 saturated carbocycles. The number of benzene rings is 6. The van der Waals surface area contributed by atoms with E-state index in [0.29, 0.717) is 87.2 Å². The summed E-state index contributed by atoms with van der Waals surface area (Å²) in [7, 11) is 0. The maximum absolute atomic E-state index is 14.1. The monoisotopic (exact) mass is 1690 g/mol. The van der Waals surface area contributed by atoms with Crippen LogP contribution >= 0.6 is 0 Å². The summed E-state index contributed by atoms with van der Waals surface area (Å²) < 4.78 is 129. The summed E-state index contributed by atoms with van der Waals surface area (Å²) in [4.78, 5) is 83.9. The highest BCUT2D eigenvalue weighted by atomic mass is 19.2. The zero-order chi connectivity index (χ0) is 89.3. The third-order valence-corrected chi connectivity index (χ3v) is 20.1. The summed E-state index contributed by atoms with van der Waals surface area (Å²) in [5.74, 6) is -6.25. The third kappa shape index (κ3) is 23.5. The highest BCUT2D eigenvalue weighted by Crippen LogP contribution is 2.42. The molecule has 6 aromatic carbocycles. The summed E-state index contributed by atoms with van der Waals surface area (Å²) >= 11 is 0. The maximum atomic E-state index is 14.1. The van der Waals surface area contributed by atoms with E-state index in [9.17, 15) is 55.1 Å². The smallest absolute Gasteiger partial charge is 0.410 e. The molecule has 3 saturated heterocycles. The number of para-hydroxylation sites is 3. The van der Waals surface area contributed by atoms with Gasteiger partial charge < -0.3 is 72.2 Å². The number of piperidine rings is 1. The maximum Gasteiger partial charge on any atom is 0.410 e. The van der Waals surface area contributed by atoms with Gasteiger partial charge in [-0.15, -0.1) is 0 Å². The predicted octanol–water partition coefficient (Wildman–Crippen LogP) is 22.5. The molecule has 3 atom stereocenters. The average Bonchev–Trinajstić information content (AvgIpc) is 1.62. The van der Waals surface area contributed by atoms with E-state index in [1.165, 1.54) is 18.2 Å². The summed E-state index contributed by atoms with van der Waals surface area (Å²) in [6.07, 6.45) is 9.68. The number of carbonyl (C=O) groups is 6. The van der Waals surface area contributed by atoms with Crippen molar-refractivity contribution in [3.8, 4) is 67.9 Å². The largest absolute Gasteiger partial charge is 0.462 e. The van der Waals surface area contributed by atoms with Crippen LogP contribution in [-0.4, -0.2) is 138 Å². The molecule has 3 aliphatic heterocycles. The number of esters is 1. The van der Waals surface area contributed by atoms with Gasteiger partial charge in [-0.2, -0.15) is 0 Å². The number of nitrogens with zero attached hydrogens (tertiary/aromatic N) is 6. The molecule has 654 valence electrons. The number of carbonyl (C=O) groups excluding carboxylic acids is 6. The highest BCUT2D eigenvalue weighted by Gasteiger charge is 2.38. The number of nitrogens with one attached hydrogen (secondary N) is 2. The second-order valence-electron chi connectivity index (χ2n) is 35.5. The number of hydrogen-bond acceptors (Lipinski definition) is 13. The quantitative estimate of drug-likeness (QED) is 0.0438. The van der Waals surface area contributed by atoms with Crippen molar-refractivity contribution in [1.29, 1.82) is 0 Å². The van der Waals surface area contributed by atoms with Gasteiger partial charge in [0.2, 0.25) is 0 Å². The lowest BCUT2D eigenvalue weighted by Gasteiger charge is -2.35. The van der Waals surface area contributed by atoms with E-state index in [4.69, 9.17) is 33.2 Å². The second-order valence-corrected chi connectivity index (χ2v) is 35.5. The van der Waals surface area contributed by atoms with Crippen molar-refractivity contribution >= 4 is 36.1 Å². The predicted molar refractivity (Wildman–Crippen MR) is 456 cm³/mol. The van der Waals surface area contributed by atoms with Crippen LogP contribution < -0.4 is 24.8 Å². The fraction of sp³-hybridized carbons (Fsp3) is 0.432. The van der Waals surface area contributed by atoms with Crippen LogP contribution in [0.25, 0.3) is 33.4 Å². The second kappa shape index (κ2) is 38.6. The Morgan fingerprint density at radius 1 is 0.369 bits per heavy atom. The van der Waals surface area contributed by atoms with Gasteiger partial charge in [-0.3, -0.25) is 9.59 Å². The number of amides is 5. The van der Waals surface area contributed by atoms with Gasteiger partial charge >= 0.3 is 24.2 Å². The fourth-order valence-corrected chi connectivity index (χ4v) is 15.0. The van der Waals surface area contributed by atoms with Crippen LogP contribution in [0.1, 0.15) is 224 Å². The molecule has 0 spiro atoms. The Labute approximate surface area is 710 Å². The van der Waals surface area contributed by atoms with Crippen molar-refractivity contribution in [2.24, 2.45) is 0 Å². The molecule has 9 aromatic rings. The zero-order valence-electron chi connectivity index (χ0n) is 73.2. The van der Waals surface area contributed by atoms with E-state index in [2.05, 4.69) is 24.3 Å². The highest BCUT2D eigenvalue weighted by molar-refractivity contribution is 6.04. The molecular formula is C95H114F6N8O13. The van der Waals surface area contributed by atoms with Crippen LogP contribution in [0.4, 0.5) is 40.7 Å². The summed E-state index contributed by atoms with van der Waals surface area (Å²) in [6, 6.07) is 30.7. The Balaban J connectivity index is 0.000000192. The molecule has 122 heavy (non-hydrogen) atoms. The van der Waals surface area contributed by atoms with Crippen molar-refractivity contribution in [3.05, 3.63) is 215 Å². The minimum atomic E-state index is -0.801. The Morgan fingerprint density at radius 3 is 0.910 bits per heavy atom. The number of hydrogen-bond donors (Lipinski definition) is 2. The average molecular weight is 1690 g/mol. The lowest BCUT2D eigenvalue weighted by molar-refractivity contribution is 0.0169. The van der Waals surface area contributed by atoms with Crippen LogP contribution in [0.5, 0.6) is 34.5 Å². The van der Waals surface area contributed by atoms with Crippen LogP contribution in [-0.2, 0) is 38.2 Å². The minimum Gasteiger partial charge on any atom is -0.462 e. The van der Waals surface area contributed by atoms with Crippen molar-refractivity contribution in [3.63, 3.8) is 0 Å². The van der Waals surface area contributed by atoms with Gasteiger partial charge in [-0.25, -0.2) is 45.5 Å². The molecule has 12 rings (SSSR count). The topological polar surface area (TPSA) is 216 Å². The molecule has 3 aromatic heterocycles. The molecule has 2 N–H and O–H groups in total. The normalized spacial score (nSPS) is 15.6. The molecule has 3 fully saturated rings. The molecule has 21 nitrogen and oxygen atoms in total. The van der Waals surface area contributed by atoms with E-state index in [1.807, 2.05) is 143 Å². The molecule has 6 heterocycles. The number of likely N-dealkylation sites (tertiary alicyclic amines) is 3. The molecule has 0 aliphatic carbocycles.